The van der Waals surface area contributed by atoms with E-state index in [1.165, 1.54) is 30.3 Å². The van der Waals surface area contributed by atoms with Crippen molar-refractivity contribution in [2.75, 3.05) is 23.1 Å². The number of rotatable bonds is 9. The Labute approximate surface area is 185 Å². The molecule has 0 aromatic heterocycles. The topological polar surface area (TPSA) is 130 Å². The minimum Gasteiger partial charge on any atom is -0.378 e. The number of hydrogen-bond acceptors (Lipinski definition) is 6. The van der Waals surface area contributed by atoms with Gasteiger partial charge in [0.25, 0.3) is 21.6 Å². The number of nitrogens with zero attached hydrogens (tertiary/aromatic N) is 1. The van der Waals surface area contributed by atoms with Gasteiger partial charge in [-0.25, -0.2) is 8.42 Å². The van der Waals surface area contributed by atoms with Crippen LogP contribution in [0.2, 0.25) is 0 Å². The first-order valence-electron chi connectivity index (χ1n) is 9.71. The average Bonchev–Trinajstić information content (AvgIpc) is 2.78. The third-order valence-corrected chi connectivity index (χ3v) is 5.95. The van der Waals surface area contributed by atoms with Gasteiger partial charge in [0.05, 0.1) is 9.82 Å². The molecule has 166 valence electrons. The van der Waals surface area contributed by atoms with Crippen LogP contribution in [0.4, 0.5) is 17.1 Å². The molecule has 3 aromatic rings. The maximum Gasteiger partial charge on any atom is 0.292 e. The number of nitro benzene ring substituents is 1. The van der Waals surface area contributed by atoms with Gasteiger partial charge in [-0.05, 0) is 49.4 Å². The molecule has 32 heavy (non-hydrogen) atoms. The molecule has 0 bridgehead atoms. The quantitative estimate of drug-likeness (QED) is 0.257. The lowest BCUT2D eigenvalue weighted by Crippen LogP contribution is -2.28. The summed E-state index contributed by atoms with van der Waals surface area (Å²) in [6.07, 6.45) is 0. The number of benzene rings is 3. The zero-order valence-electron chi connectivity index (χ0n) is 17.2. The van der Waals surface area contributed by atoms with Crippen molar-refractivity contribution in [3.05, 3.63) is 94.0 Å². The van der Waals surface area contributed by atoms with E-state index in [9.17, 15) is 23.3 Å². The number of sulfonamides is 1. The van der Waals surface area contributed by atoms with Gasteiger partial charge >= 0.3 is 0 Å². The van der Waals surface area contributed by atoms with Crippen LogP contribution in [0.3, 0.4) is 0 Å². The lowest BCUT2D eigenvalue weighted by Gasteiger charge is -2.10. The second kappa shape index (κ2) is 9.92. The smallest absolute Gasteiger partial charge is 0.292 e. The molecule has 0 heterocycles. The van der Waals surface area contributed by atoms with Gasteiger partial charge in [0.15, 0.2) is 0 Å². The van der Waals surface area contributed by atoms with Crippen LogP contribution in [-0.4, -0.2) is 32.3 Å². The molecule has 9 nitrogen and oxygen atoms in total. The molecular formula is C22H22N4O5S. The Morgan fingerprint density at radius 3 is 2.25 bits per heavy atom. The number of carbonyl (C=O) groups excluding carboxylic acids is 1. The second-order valence-electron chi connectivity index (χ2n) is 6.95. The summed E-state index contributed by atoms with van der Waals surface area (Å²) in [5.74, 6) is -0.384. The summed E-state index contributed by atoms with van der Waals surface area (Å²) < 4.78 is 27.5. The van der Waals surface area contributed by atoms with E-state index in [0.29, 0.717) is 16.9 Å². The summed E-state index contributed by atoms with van der Waals surface area (Å²) in [4.78, 5) is 22.9. The van der Waals surface area contributed by atoms with Crippen LogP contribution < -0.4 is 15.4 Å². The fourth-order valence-electron chi connectivity index (χ4n) is 2.88. The minimum atomic E-state index is -3.78. The Morgan fingerprint density at radius 1 is 0.938 bits per heavy atom. The predicted octanol–water partition coefficient (Wildman–Crippen LogP) is 3.55. The Kier molecular flexibility index (Phi) is 7.06. The molecule has 3 rings (SSSR count). The summed E-state index contributed by atoms with van der Waals surface area (Å²) in [7, 11) is -3.78. The fraction of sp³-hybridized carbons (Fsp3) is 0.136. The van der Waals surface area contributed by atoms with Gasteiger partial charge in [-0.15, -0.1) is 0 Å². The SMILES string of the molecule is Cc1ccc(NS(=O)(=O)c2ccc(C(=O)NCCNc3ccccc3[N+](=O)[O-])cc2)cc1. The zero-order chi connectivity index (χ0) is 23.1. The monoisotopic (exact) mass is 454 g/mol. The molecule has 0 unspecified atom stereocenters. The van der Waals surface area contributed by atoms with Crippen molar-refractivity contribution >= 4 is 33.0 Å². The predicted molar refractivity (Wildman–Crippen MR) is 122 cm³/mol. The minimum absolute atomic E-state index is 0.0349. The molecule has 0 saturated heterocycles. The number of anilines is 2. The first-order valence-corrected chi connectivity index (χ1v) is 11.2. The highest BCUT2D eigenvalue weighted by Gasteiger charge is 2.15. The van der Waals surface area contributed by atoms with Crippen molar-refractivity contribution in [2.45, 2.75) is 11.8 Å². The van der Waals surface area contributed by atoms with Crippen molar-refractivity contribution in [3.63, 3.8) is 0 Å². The van der Waals surface area contributed by atoms with E-state index in [-0.39, 0.29) is 29.6 Å². The van der Waals surface area contributed by atoms with E-state index in [1.807, 2.05) is 6.92 Å². The Hall–Kier alpha value is -3.92. The first-order chi connectivity index (χ1) is 15.3. The Morgan fingerprint density at radius 2 is 1.59 bits per heavy atom. The second-order valence-corrected chi connectivity index (χ2v) is 8.64. The molecule has 0 atom stereocenters. The van der Waals surface area contributed by atoms with Crippen LogP contribution in [0.1, 0.15) is 15.9 Å². The number of nitro groups is 1. The lowest BCUT2D eigenvalue weighted by molar-refractivity contribution is -0.384. The van der Waals surface area contributed by atoms with E-state index in [2.05, 4.69) is 15.4 Å². The van der Waals surface area contributed by atoms with Crippen molar-refractivity contribution < 1.29 is 18.1 Å². The van der Waals surface area contributed by atoms with Crippen LogP contribution >= 0.6 is 0 Å². The van der Waals surface area contributed by atoms with Crippen molar-refractivity contribution in [1.29, 1.82) is 0 Å². The largest absolute Gasteiger partial charge is 0.378 e. The molecule has 0 aliphatic heterocycles. The van der Waals surface area contributed by atoms with E-state index in [1.54, 1.807) is 42.5 Å². The van der Waals surface area contributed by atoms with Crippen molar-refractivity contribution in [1.82, 2.24) is 5.32 Å². The molecular weight excluding hydrogens is 432 g/mol. The van der Waals surface area contributed by atoms with E-state index in [0.717, 1.165) is 5.56 Å². The van der Waals surface area contributed by atoms with Crippen LogP contribution in [-0.2, 0) is 10.0 Å². The lowest BCUT2D eigenvalue weighted by atomic mass is 10.2. The van der Waals surface area contributed by atoms with Crippen LogP contribution in [0.5, 0.6) is 0 Å². The van der Waals surface area contributed by atoms with E-state index < -0.39 is 14.9 Å². The average molecular weight is 455 g/mol. The van der Waals surface area contributed by atoms with Gasteiger partial charge in [0, 0.05) is 30.4 Å². The molecule has 0 aliphatic carbocycles. The summed E-state index contributed by atoms with van der Waals surface area (Å²) in [6, 6.07) is 18.7. The molecule has 10 heteroatoms. The summed E-state index contributed by atoms with van der Waals surface area (Å²) in [5, 5.41) is 16.6. The number of carbonyl (C=O) groups is 1. The van der Waals surface area contributed by atoms with Crippen LogP contribution in [0.25, 0.3) is 0 Å². The highest BCUT2D eigenvalue weighted by atomic mass is 32.2. The van der Waals surface area contributed by atoms with Crippen LogP contribution in [0, 0.1) is 17.0 Å². The molecule has 3 N–H and O–H groups in total. The summed E-state index contributed by atoms with van der Waals surface area (Å²) >= 11 is 0. The third-order valence-electron chi connectivity index (χ3n) is 4.56. The molecule has 0 aliphatic rings. The first kappa shape index (κ1) is 22.8. The Bertz CT molecular complexity index is 1210. The van der Waals surface area contributed by atoms with E-state index >= 15 is 0 Å². The Balaban J connectivity index is 1.55. The summed E-state index contributed by atoms with van der Waals surface area (Å²) in [5.41, 5.74) is 2.08. The van der Waals surface area contributed by atoms with Gasteiger partial charge in [0.1, 0.15) is 5.69 Å². The number of hydrogen-bond donors (Lipinski definition) is 3. The molecule has 0 radical (unpaired) electrons. The normalized spacial score (nSPS) is 10.9. The highest BCUT2D eigenvalue weighted by molar-refractivity contribution is 7.92. The van der Waals surface area contributed by atoms with Gasteiger partial charge < -0.3 is 10.6 Å². The summed E-state index contributed by atoms with van der Waals surface area (Å²) in [6.45, 7) is 2.41. The zero-order valence-corrected chi connectivity index (χ0v) is 18.1. The highest BCUT2D eigenvalue weighted by Crippen LogP contribution is 2.22. The van der Waals surface area contributed by atoms with Gasteiger partial charge in [-0.3, -0.25) is 19.6 Å². The molecule has 0 saturated carbocycles. The standard InChI is InChI=1S/C22H22N4O5S/c1-16-6-10-18(11-7-16)25-32(30,31)19-12-8-17(9-13-19)22(27)24-15-14-23-20-4-2-3-5-21(20)26(28)29/h2-13,23,25H,14-15H2,1H3,(H,24,27). The van der Waals surface area contributed by atoms with Crippen LogP contribution in [0.15, 0.2) is 77.7 Å². The number of nitrogens with one attached hydrogen (secondary N) is 3. The maximum absolute atomic E-state index is 12.5. The number of aryl methyl sites for hydroxylation is 1. The van der Waals surface area contributed by atoms with Gasteiger partial charge in [-0.1, -0.05) is 29.8 Å². The van der Waals surface area contributed by atoms with Crippen molar-refractivity contribution in [2.24, 2.45) is 0 Å². The maximum atomic E-state index is 12.5. The fourth-order valence-corrected chi connectivity index (χ4v) is 3.94. The molecule has 3 aromatic carbocycles. The molecule has 0 fully saturated rings. The van der Waals surface area contributed by atoms with E-state index in [4.69, 9.17) is 0 Å². The molecule has 1 amide bonds. The number of amides is 1. The number of para-hydroxylation sites is 2. The van der Waals surface area contributed by atoms with Crippen molar-refractivity contribution in [3.8, 4) is 0 Å². The van der Waals surface area contributed by atoms with Gasteiger partial charge in [-0.2, -0.15) is 0 Å². The molecule has 0 spiro atoms. The van der Waals surface area contributed by atoms with Gasteiger partial charge in [0.2, 0.25) is 0 Å². The third kappa shape index (κ3) is 5.82.